The number of carbonyl (C=O) groups is 1. The molecular formula is C15H20N2O2S. The summed E-state index contributed by atoms with van der Waals surface area (Å²) in [5.74, 6) is 0.326. The zero-order chi connectivity index (χ0) is 15.0. The maximum atomic E-state index is 11.7. The quantitative estimate of drug-likeness (QED) is 0.755. The van der Waals surface area contributed by atoms with Gasteiger partial charge >= 0.3 is 0 Å². The molecule has 1 aromatic rings. The molecule has 0 radical (unpaired) electrons. The number of nitrogens with zero attached hydrogens (tertiary/aromatic N) is 1. The third-order valence-corrected chi connectivity index (χ3v) is 3.92. The Morgan fingerprint density at radius 2 is 2.05 bits per heavy atom. The molecule has 5 heteroatoms. The number of nitrogens with one attached hydrogen (secondary N) is 1. The van der Waals surface area contributed by atoms with Crippen LogP contribution in [0.5, 0.6) is 0 Å². The van der Waals surface area contributed by atoms with E-state index in [1.54, 1.807) is 12.1 Å². The summed E-state index contributed by atoms with van der Waals surface area (Å²) in [4.78, 5) is 12.7. The molecular weight excluding hydrogens is 272 g/mol. The molecule has 1 aromatic carbocycles. The van der Waals surface area contributed by atoms with Gasteiger partial charge in [-0.1, -0.05) is 13.8 Å². The van der Waals surface area contributed by atoms with Crippen molar-refractivity contribution in [2.75, 3.05) is 18.9 Å². The highest BCUT2D eigenvalue weighted by molar-refractivity contribution is 8.00. The molecule has 108 valence electrons. The van der Waals surface area contributed by atoms with Crippen molar-refractivity contribution >= 4 is 17.7 Å². The predicted octanol–water partition coefficient (Wildman–Crippen LogP) is 2.18. The van der Waals surface area contributed by atoms with Gasteiger partial charge in [-0.2, -0.15) is 5.26 Å². The third-order valence-electron chi connectivity index (χ3n) is 2.91. The molecule has 0 aliphatic heterocycles. The van der Waals surface area contributed by atoms with Gasteiger partial charge in [-0.3, -0.25) is 4.79 Å². The average Bonchev–Trinajstić information content (AvgIpc) is 2.43. The lowest BCUT2D eigenvalue weighted by Gasteiger charge is -2.23. The molecule has 0 fully saturated rings. The van der Waals surface area contributed by atoms with Crippen LogP contribution in [0, 0.1) is 16.7 Å². The van der Waals surface area contributed by atoms with E-state index in [0.717, 1.165) is 4.90 Å². The fraction of sp³-hybridized carbons (Fsp3) is 0.467. The number of nitriles is 1. The van der Waals surface area contributed by atoms with E-state index in [0.29, 0.717) is 24.3 Å². The zero-order valence-corrected chi connectivity index (χ0v) is 12.7. The first kappa shape index (κ1) is 16.5. The van der Waals surface area contributed by atoms with E-state index in [-0.39, 0.29) is 17.9 Å². The van der Waals surface area contributed by atoms with Crippen LogP contribution in [0.1, 0.15) is 25.8 Å². The van der Waals surface area contributed by atoms with Gasteiger partial charge in [0.25, 0.3) is 0 Å². The Bertz CT molecular complexity index is 478. The van der Waals surface area contributed by atoms with Crippen LogP contribution in [0.25, 0.3) is 0 Å². The second-order valence-electron chi connectivity index (χ2n) is 5.34. The smallest absolute Gasteiger partial charge is 0.230 e. The van der Waals surface area contributed by atoms with Crippen LogP contribution in [-0.2, 0) is 4.79 Å². The lowest BCUT2D eigenvalue weighted by Crippen LogP contribution is -2.35. The normalized spacial score (nSPS) is 10.9. The molecule has 2 N–H and O–H groups in total. The van der Waals surface area contributed by atoms with Crippen LogP contribution in [0.15, 0.2) is 29.2 Å². The largest absolute Gasteiger partial charge is 0.396 e. The molecule has 20 heavy (non-hydrogen) atoms. The van der Waals surface area contributed by atoms with Gasteiger partial charge in [0.1, 0.15) is 0 Å². The predicted molar refractivity (Wildman–Crippen MR) is 80.4 cm³/mol. The van der Waals surface area contributed by atoms with Crippen molar-refractivity contribution in [1.82, 2.24) is 5.32 Å². The Balaban J connectivity index is 2.34. The van der Waals surface area contributed by atoms with Crippen molar-refractivity contribution in [1.29, 1.82) is 5.26 Å². The summed E-state index contributed by atoms with van der Waals surface area (Å²) in [5.41, 5.74) is 0.522. The van der Waals surface area contributed by atoms with E-state index in [4.69, 9.17) is 10.4 Å². The first-order chi connectivity index (χ1) is 9.46. The van der Waals surface area contributed by atoms with Crippen molar-refractivity contribution in [3.63, 3.8) is 0 Å². The molecule has 4 nitrogen and oxygen atoms in total. The molecule has 1 rings (SSSR count). The lowest BCUT2D eigenvalue weighted by molar-refractivity contribution is -0.119. The molecule has 0 saturated carbocycles. The topological polar surface area (TPSA) is 73.1 Å². The minimum absolute atomic E-state index is 0.0228. The summed E-state index contributed by atoms with van der Waals surface area (Å²) in [7, 11) is 0. The van der Waals surface area contributed by atoms with Gasteiger partial charge < -0.3 is 10.4 Å². The highest BCUT2D eigenvalue weighted by atomic mass is 32.2. The van der Waals surface area contributed by atoms with Crippen LogP contribution < -0.4 is 5.32 Å². The number of rotatable bonds is 7. The summed E-state index contributed by atoms with van der Waals surface area (Å²) < 4.78 is 0. The van der Waals surface area contributed by atoms with E-state index in [9.17, 15) is 4.79 Å². The number of thioether (sulfide) groups is 1. The van der Waals surface area contributed by atoms with Gasteiger partial charge in [-0.15, -0.1) is 11.8 Å². The molecule has 0 atom stereocenters. The fourth-order valence-corrected chi connectivity index (χ4v) is 2.28. The molecule has 0 bridgehead atoms. The number of benzene rings is 1. The Labute approximate surface area is 124 Å². The number of hydrogen-bond acceptors (Lipinski definition) is 4. The highest BCUT2D eigenvalue weighted by Gasteiger charge is 2.17. The molecule has 0 aromatic heterocycles. The standard InChI is InChI=1S/C15H20N2O2S/c1-15(2,7-8-18)11-17-14(19)10-20-13-5-3-12(9-16)4-6-13/h3-6,18H,7-8,10-11H2,1-2H3,(H,17,19). The summed E-state index contributed by atoms with van der Waals surface area (Å²) in [6, 6.07) is 9.22. The second-order valence-corrected chi connectivity index (χ2v) is 6.39. The van der Waals surface area contributed by atoms with Crippen molar-refractivity contribution in [2.24, 2.45) is 5.41 Å². The number of hydrogen-bond donors (Lipinski definition) is 2. The fourth-order valence-electron chi connectivity index (χ4n) is 1.55. The first-order valence-electron chi connectivity index (χ1n) is 6.47. The van der Waals surface area contributed by atoms with Gasteiger partial charge in [0, 0.05) is 18.0 Å². The molecule has 0 spiro atoms. The van der Waals surface area contributed by atoms with Crippen molar-refractivity contribution < 1.29 is 9.90 Å². The van der Waals surface area contributed by atoms with E-state index in [2.05, 4.69) is 11.4 Å². The zero-order valence-electron chi connectivity index (χ0n) is 11.8. The van der Waals surface area contributed by atoms with E-state index >= 15 is 0 Å². The molecule has 0 aliphatic rings. The number of aliphatic hydroxyl groups excluding tert-OH is 1. The molecule has 0 unspecified atom stereocenters. The van der Waals surface area contributed by atoms with Gasteiger partial charge in [-0.25, -0.2) is 0 Å². The average molecular weight is 292 g/mol. The Kier molecular flexibility index (Phi) is 6.56. The molecule has 0 aliphatic carbocycles. The minimum Gasteiger partial charge on any atom is -0.396 e. The molecule has 1 amide bonds. The van der Waals surface area contributed by atoms with E-state index in [1.807, 2.05) is 26.0 Å². The SMILES string of the molecule is CC(C)(CCO)CNC(=O)CSc1ccc(C#N)cc1. The Morgan fingerprint density at radius 3 is 2.60 bits per heavy atom. The summed E-state index contributed by atoms with van der Waals surface area (Å²) in [5, 5.41) is 20.5. The van der Waals surface area contributed by atoms with Crippen LogP contribution in [0.2, 0.25) is 0 Å². The van der Waals surface area contributed by atoms with Crippen LogP contribution in [0.3, 0.4) is 0 Å². The Morgan fingerprint density at radius 1 is 1.40 bits per heavy atom. The molecule has 0 saturated heterocycles. The van der Waals surface area contributed by atoms with Crippen molar-refractivity contribution in [3.05, 3.63) is 29.8 Å². The number of carbonyl (C=O) groups excluding carboxylic acids is 1. The number of aliphatic hydroxyl groups is 1. The van der Waals surface area contributed by atoms with Crippen LogP contribution >= 0.6 is 11.8 Å². The molecule has 0 heterocycles. The summed E-state index contributed by atoms with van der Waals surface area (Å²) in [6.45, 7) is 4.71. The van der Waals surface area contributed by atoms with Crippen molar-refractivity contribution in [3.8, 4) is 6.07 Å². The minimum atomic E-state index is -0.0937. The van der Waals surface area contributed by atoms with Crippen LogP contribution in [0.4, 0.5) is 0 Å². The lowest BCUT2D eigenvalue weighted by atomic mass is 9.90. The monoisotopic (exact) mass is 292 g/mol. The van der Waals surface area contributed by atoms with Gasteiger partial charge in [0.2, 0.25) is 5.91 Å². The first-order valence-corrected chi connectivity index (χ1v) is 7.46. The maximum absolute atomic E-state index is 11.7. The summed E-state index contributed by atoms with van der Waals surface area (Å²) >= 11 is 1.44. The van der Waals surface area contributed by atoms with Gasteiger partial charge in [0.05, 0.1) is 17.4 Å². The number of amides is 1. The Hall–Kier alpha value is -1.51. The highest BCUT2D eigenvalue weighted by Crippen LogP contribution is 2.19. The van der Waals surface area contributed by atoms with Crippen molar-refractivity contribution in [2.45, 2.75) is 25.2 Å². The third kappa shape index (κ3) is 6.09. The van der Waals surface area contributed by atoms with E-state index < -0.39 is 0 Å². The summed E-state index contributed by atoms with van der Waals surface area (Å²) in [6.07, 6.45) is 0.663. The maximum Gasteiger partial charge on any atom is 0.230 e. The van der Waals surface area contributed by atoms with Crippen LogP contribution in [-0.4, -0.2) is 29.9 Å². The van der Waals surface area contributed by atoms with Gasteiger partial charge in [0.15, 0.2) is 0 Å². The van der Waals surface area contributed by atoms with E-state index in [1.165, 1.54) is 11.8 Å². The second kappa shape index (κ2) is 7.93. The van der Waals surface area contributed by atoms with Gasteiger partial charge in [-0.05, 0) is 36.1 Å².